The normalized spacial score (nSPS) is 20.5. The first kappa shape index (κ1) is 18.8. The van der Waals surface area contributed by atoms with Crippen molar-refractivity contribution in [2.45, 2.75) is 44.4 Å². The Morgan fingerprint density at radius 1 is 1.23 bits per heavy atom. The van der Waals surface area contributed by atoms with Crippen LogP contribution in [0.1, 0.15) is 42.0 Å². The molecule has 7 heteroatoms. The van der Waals surface area contributed by atoms with E-state index in [-0.39, 0.29) is 17.7 Å². The Bertz CT molecular complexity index is 1090. The summed E-state index contributed by atoms with van der Waals surface area (Å²) in [5.41, 5.74) is 9.58. The Morgan fingerprint density at radius 3 is 2.90 bits per heavy atom. The first-order chi connectivity index (χ1) is 14.5. The van der Waals surface area contributed by atoms with Crippen LogP contribution in [-0.4, -0.2) is 38.8 Å². The number of nitrogens with two attached hydrogens (primary N) is 1. The fourth-order valence-corrected chi connectivity index (χ4v) is 4.85. The molecule has 0 saturated carbocycles. The molecule has 1 amide bonds. The number of carbonyl (C=O) groups excluding carboxylic acids is 1. The number of oxazole rings is 1. The van der Waals surface area contributed by atoms with E-state index < -0.39 is 0 Å². The Balaban J connectivity index is 1.35. The molecule has 154 valence electrons. The fourth-order valence-electron chi connectivity index (χ4n) is 4.85. The fraction of sp³-hybridized carbons (Fsp3) is 0.391. The molecule has 1 unspecified atom stereocenters. The first-order valence-electron chi connectivity index (χ1n) is 10.5. The van der Waals surface area contributed by atoms with Crippen molar-refractivity contribution in [2.75, 3.05) is 18.8 Å². The van der Waals surface area contributed by atoms with Gasteiger partial charge in [0.2, 0.25) is 17.7 Å². The molecular weight excluding hydrogens is 378 g/mol. The summed E-state index contributed by atoms with van der Waals surface area (Å²) in [5, 5.41) is 0. The minimum atomic E-state index is -0.103. The molecule has 7 nitrogen and oxygen atoms in total. The van der Waals surface area contributed by atoms with Gasteiger partial charge in [-0.15, -0.1) is 0 Å². The zero-order valence-electron chi connectivity index (χ0n) is 17.1. The maximum atomic E-state index is 13.2. The number of hydrogen-bond acceptors (Lipinski definition) is 6. The number of likely N-dealkylation sites (tertiary alicyclic amines) is 1. The molecule has 30 heavy (non-hydrogen) atoms. The van der Waals surface area contributed by atoms with Crippen molar-refractivity contribution in [1.82, 2.24) is 19.9 Å². The van der Waals surface area contributed by atoms with E-state index in [9.17, 15) is 4.79 Å². The maximum Gasteiger partial charge on any atom is 0.228 e. The molecule has 1 aromatic carbocycles. The Hall–Kier alpha value is -3.22. The number of piperidine rings is 1. The minimum absolute atomic E-state index is 0.0839. The van der Waals surface area contributed by atoms with Gasteiger partial charge in [-0.2, -0.15) is 0 Å². The van der Waals surface area contributed by atoms with Gasteiger partial charge < -0.3 is 15.1 Å². The van der Waals surface area contributed by atoms with Crippen molar-refractivity contribution in [1.29, 1.82) is 0 Å². The predicted molar refractivity (Wildman–Crippen MR) is 113 cm³/mol. The highest BCUT2D eigenvalue weighted by atomic mass is 16.4. The molecule has 1 atom stereocenters. The van der Waals surface area contributed by atoms with Gasteiger partial charge in [0.15, 0.2) is 0 Å². The number of fused-ring (bicyclic) bond motifs is 2. The molecule has 0 radical (unpaired) electrons. The van der Waals surface area contributed by atoms with Crippen LogP contribution in [-0.2, 0) is 23.1 Å². The third-order valence-electron chi connectivity index (χ3n) is 6.42. The third kappa shape index (κ3) is 3.24. The summed E-state index contributed by atoms with van der Waals surface area (Å²) in [6.07, 6.45) is 6.02. The summed E-state index contributed by atoms with van der Waals surface area (Å²) >= 11 is 0. The van der Waals surface area contributed by atoms with E-state index in [0.29, 0.717) is 29.8 Å². The van der Waals surface area contributed by atoms with Crippen LogP contribution in [0, 0.1) is 6.92 Å². The topological polar surface area (TPSA) is 98.1 Å². The van der Waals surface area contributed by atoms with Gasteiger partial charge >= 0.3 is 0 Å². The molecule has 1 aliphatic carbocycles. The number of rotatable bonds is 3. The summed E-state index contributed by atoms with van der Waals surface area (Å²) in [4.78, 5) is 28.4. The van der Waals surface area contributed by atoms with Gasteiger partial charge in [-0.3, -0.25) is 4.79 Å². The summed E-state index contributed by atoms with van der Waals surface area (Å²) < 4.78 is 5.83. The van der Waals surface area contributed by atoms with Crippen molar-refractivity contribution < 1.29 is 9.21 Å². The second-order valence-corrected chi connectivity index (χ2v) is 8.37. The van der Waals surface area contributed by atoms with Gasteiger partial charge in [0, 0.05) is 30.3 Å². The van der Waals surface area contributed by atoms with Crippen molar-refractivity contribution in [3.8, 4) is 11.5 Å². The maximum absolute atomic E-state index is 13.2. The van der Waals surface area contributed by atoms with E-state index in [0.717, 1.165) is 43.5 Å². The number of anilines is 1. The Kier molecular flexibility index (Phi) is 4.53. The summed E-state index contributed by atoms with van der Waals surface area (Å²) in [6.45, 7) is 3.31. The van der Waals surface area contributed by atoms with E-state index in [1.165, 1.54) is 5.56 Å². The number of nitrogen functional groups attached to an aromatic ring is 1. The van der Waals surface area contributed by atoms with Crippen LogP contribution >= 0.6 is 0 Å². The van der Waals surface area contributed by atoms with Crippen molar-refractivity contribution in [3.63, 3.8) is 0 Å². The molecule has 1 aliphatic heterocycles. The standard InChI is InChI=1S/C23H25N5O2/c1-15-18(26-21(30-15)16-6-3-2-4-7-16)12-19(29)28-11-5-9-23(14-28)10-8-17-13-25-22(24)27-20(17)23/h2-4,6-7,13H,5,8-12,14H2,1H3,(H2,24,25,27). The average molecular weight is 403 g/mol. The van der Waals surface area contributed by atoms with E-state index >= 15 is 0 Å². The number of nitrogens with zero attached hydrogens (tertiary/aromatic N) is 4. The number of benzene rings is 1. The van der Waals surface area contributed by atoms with Gasteiger partial charge in [-0.25, -0.2) is 15.0 Å². The lowest BCUT2D eigenvalue weighted by atomic mass is 9.77. The zero-order valence-corrected chi connectivity index (χ0v) is 17.1. The summed E-state index contributed by atoms with van der Waals surface area (Å²) in [6, 6.07) is 9.76. The van der Waals surface area contributed by atoms with Gasteiger partial charge in [-0.1, -0.05) is 18.2 Å². The Labute approximate surface area is 175 Å². The van der Waals surface area contributed by atoms with Crippen LogP contribution in [0.15, 0.2) is 40.9 Å². The largest absolute Gasteiger partial charge is 0.441 e. The van der Waals surface area contributed by atoms with Crippen LogP contribution in [0.2, 0.25) is 0 Å². The van der Waals surface area contributed by atoms with Crippen LogP contribution in [0.3, 0.4) is 0 Å². The number of carbonyl (C=O) groups is 1. The van der Waals surface area contributed by atoms with Crippen LogP contribution < -0.4 is 5.73 Å². The van der Waals surface area contributed by atoms with Gasteiger partial charge in [0.25, 0.3) is 0 Å². The molecule has 1 fully saturated rings. The average Bonchev–Trinajstić information content (AvgIpc) is 3.29. The molecule has 5 rings (SSSR count). The molecule has 2 aliphatic rings. The molecule has 2 aromatic heterocycles. The van der Waals surface area contributed by atoms with Gasteiger partial charge in [0.1, 0.15) is 5.76 Å². The van der Waals surface area contributed by atoms with E-state index in [2.05, 4.69) is 15.0 Å². The second kappa shape index (κ2) is 7.23. The van der Waals surface area contributed by atoms with Crippen LogP contribution in [0.5, 0.6) is 0 Å². The number of aryl methyl sites for hydroxylation is 2. The molecule has 3 aromatic rings. The molecule has 1 saturated heterocycles. The van der Waals surface area contributed by atoms with Crippen molar-refractivity contribution >= 4 is 11.9 Å². The summed E-state index contributed by atoms with van der Waals surface area (Å²) in [5.74, 6) is 1.65. The number of amides is 1. The van der Waals surface area contributed by atoms with Crippen molar-refractivity contribution in [3.05, 3.63) is 59.2 Å². The molecular formula is C23H25N5O2. The zero-order chi connectivity index (χ0) is 20.7. The van der Waals surface area contributed by atoms with Crippen molar-refractivity contribution in [2.24, 2.45) is 0 Å². The SMILES string of the molecule is Cc1oc(-c2ccccc2)nc1CC(=O)N1CCCC2(CCc3cnc(N)nc32)C1. The molecule has 2 N–H and O–H groups in total. The highest BCUT2D eigenvalue weighted by Gasteiger charge is 2.44. The smallest absolute Gasteiger partial charge is 0.228 e. The number of aromatic nitrogens is 3. The quantitative estimate of drug-likeness (QED) is 0.722. The summed E-state index contributed by atoms with van der Waals surface area (Å²) in [7, 11) is 0. The Morgan fingerprint density at radius 2 is 2.07 bits per heavy atom. The predicted octanol–water partition coefficient (Wildman–Crippen LogP) is 3.07. The van der Waals surface area contributed by atoms with E-state index in [1.54, 1.807) is 0 Å². The monoisotopic (exact) mass is 403 g/mol. The van der Waals surface area contributed by atoms with E-state index in [1.807, 2.05) is 48.4 Å². The van der Waals surface area contributed by atoms with Gasteiger partial charge in [0.05, 0.1) is 17.8 Å². The van der Waals surface area contributed by atoms with Crippen LogP contribution in [0.25, 0.3) is 11.5 Å². The van der Waals surface area contributed by atoms with Gasteiger partial charge in [-0.05, 0) is 50.3 Å². The highest BCUT2D eigenvalue weighted by molar-refractivity contribution is 5.79. The molecule has 0 bridgehead atoms. The lowest BCUT2D eigenvalue weighted by Gasteiger charge is -2.40. The molecule has 3 heterocycles. The third-order valence-corrected chi connectivity index (χ3v) is 6.42. The minimum Gasteiger partial charge on any atom is -0.441 e. The highest BCUT2D eigenvalue weighted by Crippen LogP contribution is 2.44. The van der Waals surface area contributed by atoms with Crippen LogP contribution in [0.4, 0.5) is 5.95 Å². The second-order valence-electron chi connectivity index (χ2n) is 8.37. The molecule has 1 spiro atoms. The number of hydrogen-bond donors (Lipinski definition) is 1. The first-order valence-corrected chi connectivity index (χ1v) is 10.5. The van der Waals surface area contributed by atoms with E-state index in [4.69, 9.17) is 10.2 Å². The lowest BCUT2D eigenvalue weighted by Crippen LogP contribution is -2.48. The lowest BCUT2D eigenvalue weighted by molar-refractivity contribution is -0.132.